The molecule has 0 fully saturated rings. The maximum Gasteiger partial charge on any atom is 0.0741 e. The third-order valence-corrected chi connectivity index (χ3v) is 3.72. The van der Waals surface area contributed by atoms with Crippen molar-refractivity contribution in [3.8, 4) is 16.9 Å². The molecule has 1 aromatic heterocycles. The van der Waals surface area contributed by atoms with Crippen molar-refractivity contribution in [2.45, 2.75) is 6.54 Å². The topological polar surface area (TPSA) is 29.9 Å². The van der Waals surface area contributed by atoms with E-state index in [-0.39, 0.29) is 0 Å². The van der Waals surface area contributed by atoms with Gasteiger partial charge in [0.1, 0.15) is 0 Å². The van der Waals surface area contributed by atoms with E-state index in [0.29, 0.717) is 0 Å². The third kappa shape index (κ3) is 2.84. The molecule has 3 rings (SSSR count). The van der Waals surface area contributed by atoms with Gasteiger partial charge in [-0.1, -0.05) is 35.9 Å². The Labute approximate surface area is 129 Å². The van der Waals surface area contributed by atoms with Crippen LogP contribution >= 0.6 is 11.6 Å². The van der Waals surface area contributed by atoms with Crippen LogP contribution in [-0.4, -0.2) is 16.8 Å². The lowest BCUT2D eigenvalue weighted by Crippen LogP contribution is -2.06. The van der Waals surface area contributed by atoms with Crippen molar-refractivity contribution in [2.24, 2.45) is 0 Å². The number of hydrogen-bond donors (Lipinski definition) is 1. The first-order chi connectivity index (χ1) is 10.3. The Morgan fingerprint density at radius 3 is 2.67 bits per heavy atom. The highest BCUT2D eigenvalue weighted by Crippen LogP contribution is 2.26. The number of halogens is 1. The zero-order valence-corrected chi connectivity index (χ0v) is 12.5. The van der Waals surface area contributed by atoms with Gasteiger partial charge in [-0.25, -0.2) is 4.68 Å². The molecule has 0 unspecified atom stereocenters. The summed E-state index contributed by atoms with van der Waals surface area (Å²) in [6.45, 7) is 0.742. The number of hydrogen-bond acceptors (Lipinski definition) is 2. The Hall–Kier alpha value is -2.10. The first kappa shape index (κ1) is 13.9. The van der Waals surface area contributed by atoms with Crippen LogP contribution in [0.25, 0.3) is 16.9 Å². The van der Waals surface area contributed by atoms with Gasteiger partial charge in [-0.15, -0.1) is 0 Å². The predicted molar refractivity (Wildman–Crippen MR) is 86.8 cm³/mol. The van der Waals surface area contributed by atoms with Gasteiger partial charge in [0.2, 0.25) is 0 Å². The van der Waals surface area contributed by atoms with Crippen LogP contribution in [0.3, 0.4) is 0 Å². The number of nitrogens with one attached hydrogen (secondary N) is 1. The van der Waals surface area contributed by atoms with Gasteiger partial charge in [0.15, 0.2) is 0 Å². The van der Waals surface area contributed by atoms with Crippen LogP contribution in [-0.2, 0) is 6.54 Å². The third-order valence-electron chi connectivity index (χ3n) is 3.35. The highest BCUT2D eigenvalue weighted by Gasteiger charge is 2.09. The molecule has 2 aromatic carbocycles. The molecule has 4 heteroatoms. The van der Waals surface area contributed by atoms with Crippen LogP contribution < -0.4 is 5.32 Å². The minimum Gasteiger partial charge on any atom is -0.316 e. The highest BCUT2D eigenvalue weighted by atomic mass is 35.5. The van der Waals surface area contributed by atoms with Crippen molar-refractivity contribution < 1.29 is 0 Å². The summed E-state index contributed by atoms with van der Waals surface area (Å²) >= 11 is 6.23. The summed E-state index contributed by atoms with van der Waals surface area (Å²) in [7, 11) is 1.91. The van der Waals surface area contributed by atoms with Crippen LogP contribution in [0.4, 0.5) is 0 Å². The van der Waals surface area contributed by atoms with Crippen LogP contribution in [0.15, 0.2) is 60.8 Å². The van der Waals surface area contributed by atoms with E-state index in [4.69, 9.17) is 11.6 Å². The Bertz CT molecular complexity index is 735. The molecular formula is C17H16ClN3. The molecule has 0 bridgehead atoms. The van der Waals surface area contributed by atoms with Crippen LogP contribution in [0, 0.1) is 0 Å². The lowest BCUT2D eigenvalue weighted by molar-refractivity contribution is 0.818. The second-order valence-corrected chi connectivity index (χ2v) is 5.21. The SMILES string of the molecule is CNCc1cc(-c2ccnn2-c2ccccc2)ccc1Cl. The maximum atomic E-state index is 6.23. The standard InChI is InChI=1S/C17H16ClN3/c1-19-12-14-11-13(7-8-16(14)18)17-9-10-20-21(17)15-5-3-2-4-6-15/h2-11,19H,12H2,1H3. The summed E-state index contributed by atoms with van der Waals surface area (Å²) in [4.78, 5) is 0. The molecule has 3 aromatic rings. The van der Waals surface area contributed by atoms with Crippen molar-refractivity contribution in [1.82, 2.24) is 15.1 Å². The monoisotopic (exact) mass is 297 g/mol. The molecule has 3 nitrogen and oxygen atoms in total. The average molecular weight is 298 g/mol. The number of nitrogens with zero attached hydrogens (tertiary/aromatic N) is 2. The second kappa shape index (κ2) is 6.12. The molecule has 21 heavy (non-hydrogen) atoms. The molecule has 0 radical (unpaired) electrons. The summed E-state index contributed by atoms with van der Waals surface area (Å²) < 4.78 is 1.94. The average Bonchev–Trinajstić information content (AvgIpc) is 3.00. The molecule has 1 heterocycles. The summed E-state index contributed by atoms with van der Waals surface area (Å²) in [6.07, 6.45) is 1.81. The zero-order chi connectivity index (χ0) is 14.7. The predicted octanol–water partition coefficient (Wildman–Crippen LogP) is 3.91. The van der Waals surface area contributed by atoms with Gasteiger partial charge < -0.3 is 5.32 Å². The van der Waals surface area contributed by atoms with Gasteiger partial charge in [-0.3, -0.25) is 0 Å². The van der Waals surface area contributed by atoms with Crippen LogP contribution in [0.1, 0.15) is 5.56 Å². The van der Waals surface area contributed by atoms with Crippen molar-refractivity contribution in [3.05, 3.63) is 71.4 Å². The van der Waals surface area contributed by atoms with Crippen molar-refractivity contribution in [3.63, 3.8) is 0 Å². The molecule has 0 aliphatic rings. The Morgan fingerprint density at radius 2 is 1.90 bits per heavy atom. The summed E-state index contributed by atoms with van der Waals surface area (Å²) in [6, 6.07) is 18.2. The molecule has 106 valence electrons. The fourth-order valence-corrected chi connectivity index (χ4v) is 2.54. The number of benzene rings is 2. The molecule has 0 aliphatic heterocycles. The Kier molecular flexibility index (Phi) is 4.04. The van der Waals surface area contributed by atoms with Crippen LogP contribution in [0.5, 0.6) is 0 Å². The van der Waals surface area contributed by atoms with E-state index in [2.05, 4.69) is 16.5 Å². The van der Waals surface area contributed by atoms with Crippen molar-refractivity contribution in [2.75, 3.05) is 7.05 Å². The Morgan fingerprint density at radius 1 is 1.10 bits per heavy atom. The van der Waals surface area contributed by atoms with Crippen LogP contribution in [0.2, 0.25) is 5.02 Å². The van der Waals surface area contributed by atoms with Gasteiger partial charge >= 0.3 is 0 Å². The van der Waals surface area contributed by atoms with Gasteiger partial charge in [0.05, 0.1) is 17.6 Å². The fourth-order valence-electron chi connectivity index (χ4n) is 2.36. The quantitative estimate of drug-likeness (QED) is 0.791. The van der Waals surface area contributed by atoms with E-state index in [1.807, 2.05) is 66.5 Å². The van der Waals surface area contributed by atoms with Gasteiger partial charge in [0, 0.05) is 17.1 Å². The Balaban J connectivity index is 2.06. The molecule has 0 saturated carbocycles. The summed E-state index contributed by atoms with van der Waals surface area (Å²) in [5, 5.41) is 8.34. The van der Waals surface area contributed by atoms with E-state index in [1.54, 1.807) is 0 Å². The smallest absolute Gasteiger partial charge is 0.0741 e. The number of aromatic nitrogens is 2. The number of para-hydroxylation sites is 1. The zero-order valence-electron chi connectivity index (χ0n) is 11.8. The first-order valence-electron chi connectivity index (χ1n) is 6.82. The largest absolute Gasteiger partial charge is 0.316 e. The second-order valence-electron chi connectivity index (χ2n) is 4.80. The molecule has 1 N–H and O–H groups in total. The number of rotatable bonds is 4. The van der Waals surface area contributed by atoms with E-state index < -0.39 is 0 Å². The minimum atomic E-state index is 0.742. The van der Waals surface area contributed by atoms with Crippen molar-refractivity contribution >= 4 is 11.6 Å². The normalized spacial score (nSPS) is 10.8. The van der Waals surface area contributed by atoms with Gasteiger partial charge in [-0.05, 0) is 42.9 Å². The first-order valence-corrected chi connectivity index (χ1v) is 7.20. The van der Waals surface area contributed by atoms with E-state index in [0.717, 1.165) is 34.1 Å². The van der Waals surface area contributed by atoms with E-state index in [1.165, 1.54) is 0 Å². The van der Waals surface area contributed by atoms with Gasteiger partial charge in [-0.2, -0.15) is 5.10 Å². The molecule has 0 saturated heterocycles. The lowest BCUT2D eigenvalue weighted by Gasteiger charge is -2.10. The molecule has 0 aliphatic carbocycles. The maximum absolute atomic E-state index is 6.23. The van der Waals surface area contributed by atoms with Gasteiger partial charge in [0.25, 0.3) is 0 Å². The lowest BCUT2D eigenvalue weighted by atomic mass is 10.1. The minimum absolute atomic E-state index is 0.742. The fraction of sp³-hybridized carbons (Fsp3) is 0.118. The summed E-state index contributed by atoms with van der Waals surface area (Å²) in [5.74, 6) is 0. The highest BCUT2D eigenvalue weighted by molar-refractivity contribution is 6.31. The molecular weight excluding hydrogens is 282 g/mol. The van der Waals surface area contributed by atoms with Crippen molar-refractivity contribution in [1.29, 1.82) is 0 Å². The van der Waals surface area contributed by atoms with E-state index >= 15 is 0 Å². The summed E-state index contributed by atoms with van der Waals surface area (Å²) in [5.41, 5.74) is 4.28. The molecule has 0 atom stereocenters. The molecule has 0 spiro atoms. The molecule has 0 amide bonds. The van der Waals surface area contributed by atoms with E-state index in [9.17, 15) is 0 Å².